The Balaban J connectivity index is 0.00000280. The van der Waals surface area contributed by atoms with Gasteiger partial charge in [-0.05, 0) is 80.4 Å². The molecule has 1 aliphatic rings. The molecule has 3 N–H and O–H groups in total. The molecule has 1 amide bonds. The molecule has 1 fully saturated rings. The largest absolute Gasteiger partial charge is 0.322 e. The summed E-state index contributed by atoms with van der Waals surface area (Å²) in [6.45, 7) is 2.32. The van der Waals surface area contributed by atoms with Gasteiger partial charge in [-0.15, -0.1) is 12.4 Å². The maximum atomic E-state index is 12.9. The lowest BCUT2D eigenvalue weighted by molar-refractivity contribution is 0.102. The van der Waals surface area contributed by atoms with Crippen LogP contribution in [0.15, 0.2) is 53.4 Å². The average Bonchev–Trinajstić information content (AvgIpc) is 3.16. The molecule has 2 aromatic rings. The quantitative estimate of drug-likeness (QED) is 0.634. The van der Waals surface area contributed by atoms with Crippen molar-refractivity contribution in [3.05, 3.63) is 59.9 Å². The van der Waals surface area contributed by atoms with E-state index in [9.17, 15) is 17.6 Å². The second-order valence-corrected chi connectivity index (χ2v) is 8.30. The number of anilines is 1. The summed E-state index contributed by atoms with van der Waals surface area (Å²) in [6.07, 6.45) is 1.88. The fraction of sp³-hybridized carbons (Fsp3) is 0.316. The lowest BCUT2D eigenvalue weighted by Gasteiger charge is -2.11. The SMILES string of the molecule is Cl.O=C(Nc1ccc(S(=O)(=O)NCCC2CCNC2)cc1)c1ccc(F)cc1. The van der Waals surface area contributed by atoms with Gasteiger partial charge >= 0.3 is 0 Å². The van der Waals surface area contributed by atoms with Crippen molar-refractivity contribution >= 4 is 34.0 Å². The van der Waals surface area contributed by atoms with Gasteiger partial charge in [0.1, 0.15) is 5.82 Å². The van der Waals surface area contributed by atoms with Gasteiger partial charge in [-0.3, -0.25) is 4.79 Å². The molecule has 1 aliphatic heterocycles. The summed E-state index contributed by atoms with van der Waals surface area (Å²) in [5.41, 5.74) is 0.775. The number of hydrogen-bond acceptors (Lipinski definition) is 4. The van der Waals surface area contributed by atoms with Gasteiger partial charge in [0, 0.05) is 17.8 Å². The zero-order valence-electron chi connectivity index (χ0n) is 15.2. The molecule has 0 aliphatic carbocycles. The lowest BCUT2D eigenvalue weighted by Crippen LogP contribution is -2.26. The number of rotatable bonds is 7. The highest BCUT2D eigenvalue weighted by Gasteiger charge is 2.17. The van der Waals surface area contributed by atoms with E-state index in [1.807, 2.05) is 0 Å². The van der Waals surface area contributed by atoms with Crippen LogP contribution in [-0.2, 0) is 10.0 Å². The molecule has 1 unspecified atom stereocenters. The predicted molar refractivity (Wildman–Crippen MR) is 109 cm³/mol. The molecule has 9 heteroatoms. The van der Waals surface area contributed by atoms with Crippen molar-refractivity contribution in [2.75, 3.05) is 25.0 Å². The third kappa shape index (κ3) is 6.00. The highest BCUT2D eigenvalue weighted by molar-refractivity contribution is 7.89. The fourth-order valence-electron chi connectivity index (χ4n) is 2.96. The summed E-state index contributed by atoms with van der Waals surface area (Å²) in [7, 11) is -3.58. The van der Waals surface area contributed by atoms with Crippen LogP contribution in [-0.4, -0.2) is 34.0 Å². The predicted octanol–water partition coefficient (Wildman–Crippen LogP) is 2.78. The standard InChI is InChI=1S/C19H22FN3O3S.ClH/c20-16-3-1-15(2-4-16)19(24)23-17-5-7-18(8-6-17)27(25,26)22-12-10-14-9-11-21-13-14;/h1-8,14,21-22H,9-13H2,(H,23,24);1H. The number of halogens is 2. The van der Waals surface area contributed by atoms with E-state index >= 15 is 0 Å². The van der Waals surface area contributed by atoms with Gasteiger partial charge in [0.15, 0.2) is 0 Å². The van der Waals surface area contributed by atoms with Crippen molar-refractivity contribution in [3.8, 4) is 0 Å². The zero-order valence-corrected chi connectivity index (χ0v) is 16.8. The van der Waals surface area contributed by atoms with E-state index in [-0.39, 0.29) is 17.3 Å². The molecule has 2 aromatic carbocycles. The smallest absolute Gasteiger partial charge is 0.255 e. The first-order chi connectivity index (χ1) is 12.9. The van der Waals surface area contributed by atoms with E-state index < -0.39 is 21.7 Å². The van der Waals surface area contributed by atoms with Crippen molar-refractivity contribution in [3.63, 3.8) is 0 Å². The zero-order chi connectivity index (χ0) is 19.3. The molecule has 0 bridgehead atoms. The third-order valence-electron chi connectivity index (χ3n) is 4.54. The van der Waals surface area contributed by atoms with Crippen molar-refractivity contribution in [1.82, 2.24) is 10.0 Å². The molecular weight excluding hydrogens is 405 g/mol. The molecule has 6 nitrogen and oxygen atoms in total. The Labute approximate surface area is 170 Å². The molecule has 1 atom stereocenters. The summed E-state index contributed by atoms with van der Waals surface area (Å²) < 4.78 is 40.2. The van der Waals surface area contributed by atoms with Crippen LogP contribution in [0.5, 0.6) is 0 Å². The van der Waals surface area contributed by atoms with Crippen LogP contribution < -0.4 is 15.4 Å². The Morgan fingerprint density at radius 2 is 1.79 bits per heavy atom. The molecule has 0 aromatic heterocycles. The number of hydrogen-bond donors (Lipinski definition) is 3. The maximum Gasteiger partial charge on any atom is 0.255 e. The first-order valence-corrected chi connectivity index (χ1v) is 10.3. The van der Waals surface area contributed by atoms with Gasteiger partial charge in [-0.2, -0.15) is 0 Å². The van der Waals surface area contributed by atoms with Gasteiger partial charge in [0.05, 0.1) is 4.90 Å². The van der Waals surface area contributed by atoms with Crippen molar-refractivity contribution in [2.24, 2.45) is 5.92 Å². The molecule has 0 radical (unpaired) electrons. The van der Waals surface area contributed by atoms with E-state index in [4.69, 9.17) is 0 Å². The van der Waals surface area contributed by atoms with Crippen LogP contribution in [0.4, 0.5) is 10.1 Å². The molecule has 1 heterocycles. The van der Waals surface area contributed by atoms with Crippen LogP contribution >= 0.6 is 12.4 Å². The van der Waals surface area contributed by atoms with Crippen molar-refractivity contribution in [1.29, 1.82) is 0 Å². The molecule has 152 valence electrons. The first kappa shape index (κ1) is 22.3. The van der Waals surface area contributed by atoms with E-state index in [0.717, 1.165) is 25.9 Å². The number of benzene rings is 2. The van der Waals surface area contributed by atoms with Gasteiger partial charge < -0.3 is 10.6 Å². The third-order valence-corrected chi connectivity index (χ3v) is 6.01. The van der Waals surface area contributed by atoms with Crippen LogP contribution in [0.2, 0.25) is 0 Å². The van der Waals surface area contributed by atoms with E-state index in [0.29, 0.717) is 23.7 Å². The first-order valence-electron chi connectivity index (χ1n) is 8.81. The number of nitrogens with one attached hydrogen (secondary N) is 3. The minimum atomic E-state index is -3.58. The van der Waals surface area contributed by atoms with Gasteiger partial charge in [-0.1, -0.05) is 0 Å². The maximum absolute atomic E-state index is 12.9. The summed E-state index contributed by atoms with van der Waals surface area (Å²) in [5, 5.41) is 5.91. The second kappa shape index (κ2) is 9.97. The summed E-state index contributed by atoms with van der Waals surface area (Å²) in [4.78, 5) is 12.3. The number of amides is 1. The topological polar surface area (TPSA) is 87.3 Å². The summed E-state index contributed by atoms with van der Waals surface area (Å²) in [5.74, 6) is -0.302. The van der Waals surface area contributed by atoms with Gasteiger partial charge in [0.2, 0.25) is 10.0 Å². The Kier molecular flexibility index (Phi) is 7.94. The molecular formula is C19H23ClFN3O3S. The van der Waals surface area contributed by atoms with E-state index in [1.165, 1.54) is 48.5 Å². The Hall–Kier alpha value is -2.00. The molecule has 0 spiro atoms. The Bertz CT molecular complexity index is 884. The number of sulfonamides is 1. The van der Waals surface area contributed by atoms with Crippen LogP contribution in [0.25, 0.3) is 0 Å². The number of carbonyl (C=O) groups is 1. The van der Waals surface area contributed by atoms with Crippen LogP contribution in [0, 0.1) is 11.7 Å². The lowest BCUT2D eigenvalue weighted by atomic mass is 10.1. The Morgan fingerprint density at radius 1 is 1.11 bits per heavy atom. The summed E-state index contributed by atoms with van der Waals surface area (Å²) >= 11 is 0. The number of carbonyl (C=O) groups excluding carboxylic acids is 1. The van der Waals surface area contributed by atoms with E-state index in [1.54, 1.807) is 0 Å². The monoisotopic (exact) mass is 427 g/mol. The highest BCUT2D eigenvalue weighted by Crippen LogP contribution is 2.16. The summed E-state index contributed by atoms with van der Waals surface area (Å²) in [6, 6.07) is 11.1. The average molecular weight is 428 g/mol. The van der Waals surface area contributed by atoms with Gasteiger partial charge in [-0.25, -0.2) is 17.5 Å². The highest BCUT2D eigenvalue weighted by atomic mass is 35.5. The minimum Gasteiger partial charge on any atom is -0.322 e. The molecule has 0 saturated carbocycles. The van der Waals surface area contributed by atoms with Crippen molar-refractivity contribution < 1.29 is 17.6 Å². The van der Waals surface area contributed by atoms with Crippen molar-refractivity contribution in [2.45, 2.75) is 17.7 Å². The van der Waals surface area contributed by atoms with E-state index in [2.05, 4.69) is 15.4 Å². The molecule has 3 rings (SSSR count). The molecule has 1 saturated heterocycles. The second-order valence-electron chi connectivity index (χ2n) is 6.53. The van der Waals surface area contributed by atoms with Gasteiger partial charge in [0.25, 0.3) is 5.91 Å². The molecule has 28 heavy (non-hydrogen) atoms. The Morgan fingerprint density at radius 3 is 2.39 bits per heavy atom. The normalized spacial score (nSPS) is 16.4. The van der Waals surface area contributed by atoms with Crippen LogP contribution in [0.3, 0.4) is 0 Å². The van der Waals surface area contributed by atoms with Crippen LogP contribution in [0.1, 0.15) is 23.2 Å². The minimum absolute atomic E-state index is 0. The fourth-order valence-corrected chi connectivity index (χ4v) is 4.01.